The lowest BCUT2D eigenvalue weighted by Gasteiger charge is -2.40. The fourth-order valence-corrected chi connectivity index (χ4v) is 3.59. The molecule has 1 aliphatic rings. The van der Waals surface area contributed by atoms with Gasteiger partial charge in [-0.2, -0.15) is 0 Å². The maximum absolute atomic E-state index is 12.7. The summed E-state index contributed by atoms with van der Waals surface area (Å²) in [6.07, 6.45) is -9.49. The van der Waals surface area contributed by atoms with Crippen LogP contribution in [0.2, 0.25) is 0 Å². The molecule has 0 unspecified atom stereocenters. The van der Waals surface area contributed by atoms with Crippen molar-refractivity contribution in [2.75, 3.05) is 6.61 Å². The fourth-order valence-electron chi connectivity index (χ4n) is 3.59. The third-order valence-electron chi connectivity index (χ3n) is 5.37. The van der Waals surface area contributed by atoms with Gasteiger partial charge in [0.2, 0.25) is 0 Å². The summed E-state index contributed by atoms with van der Waals surface area (Å²) in [5.74, 6) is -5.82. The first-order valence-electron chi connectivity index (χ1n) is 9.64. The quantitative estimate of drug-likeness (QED) is 0.145. The zero-order valence-electron chi connectivity index (χ0n) is 16.9. The molecule has 0 bridgehead atoms. The molecule has 1 saturated heterocycles. The Labute approximate surface area is 185 Å². The maximum atomic E-state index is 12.7. The van der Waals surface area contributed by atoms with Gasteiger partial charge in [0, 0.05) is 11.6 Å². The Morgan fingerprint density at radius 2 is 1.45 bits per heavy atom. The molecule has 0 amide bonds. The predicted molar refractivity (Wildman–Crippen MR) is 107 cm³/mol. The van der Waals surface area contributed by atoms with E-state index in [2.05, 4.69) is 0 Å². The van der Waals surface area contributed by atoms with E-state index in [1.165, 1.54) is 0 Å². The lowest BCUT2D eigenvalue weighted by molar-refractivity contribution is -0.232. The van der Waals surface area contributed by atoms with E-state index in [1.807, 2.05) is 0 Å². The molecule has 2 aromatic rings. The first kappa shape index (κ1) is 24.2. The molecule has 9 N–H and O–H groups in total. The van der Waals surface area contributed by atoms with Crippen molar-refractivity contribution in [2.45, 2.75) is 36.9 Å². The number of aliphatic hydroxyl groups excluding tert-OH is 4. The third kappa shape index (κ3) is 4.42. The number of benzene rings is 2. The monoisotopic (exact) mass is 466 g/mol. The number of rotatable bonds is 6. The largest absolute Gasteiger partial charge is 0.507 e. The molecule has 3 rings (SSSR count). The van der Waals surface area contributed by atoms with E-state index >= 15 is 0 Å². The molecular formula is C21H22O12. The third-order valence-corrected chi connectivity index (χ3v) is 5.37. The molecule has 12 heteroatoms. The van der Waals surface area contributed by atoms with Crippen LogP contribution in [0.15, 0.2) is 24.3 Å². The minimum absolute atomic E-state index is 0.148. The molecule has 12 nitrogen and oxygen atoms in total. The van der Waals surface area contributed by atoms with Gasteiger partial charge in [0.15, 0.2) is 23.1 Å². The summed E-state index contributed by atoms with van der Waals surface area (Å²) in [4.78, 5) is 25.1. The van der Waals surface area contributed by atoms with Gasteiger partial charge in [-0.25, -0.2) is 0 Å². The average Bonchev–Trinajstić information content (AvgIpc) is 2.75. The van der Waals surface area contributed by atoms with E-state index in [0.717, 1.165) is 18.2 Å². The highest BCUT2D eigenvalue weighted by Crippen LogP contribution is 2.46. The number of carbonyl (C=O) groups excluding carboxylic acids is 2. The van der Waals surface area contributed by atoms with Crippen molar-refractivity contribution in [3.8, 4) is 28.7 Å². The van der Waals surface area contributed by atoms with E-state index < -0.39 is 95.0 Å². The zero-order chi connectivity index (χ0) is 24.6. The highest BCUT2D eigenvalue weighted by atomic mass is 16.5. The van der Waals surface area contributed by atoms with Crippen LogP contribution in [0.5, 0.6) is 28.7 Å². The fraction of sp³-hybridized carbons (Fsp3) is 0.333. The number of ether oxygens (including phenoxy) is 1. The number of Topliss-reactive ketones (excluding diaryl/α,β-unsaturated/α-hetero) is 2. The van der Waals surface area contributed by atoms with Gasteiger partial charge >= 0.3 is 0 Å². The SMILES string of the molecule is O=C(CC(=O)c1c(O)cc(O)c([C@@H]2O[C@H](CO)[C@@H](O)[C@H](O)[C@H]2O)c1O)c1ccc(O)c(O)c1. The predicted octanol–water partition coefficient (Wildman–Crippen LogP) is -0.815. The van der Waals surface area contributed by atoms with Gasteiger partial charge < -0.3 is 50.7 Å². The molecule has 178 valence electrons. The Morgan fingerprint density at radius 3 is 2.06 bits per heavy atom. The number of hydrogen-bond donors (Lipinski definition) is 9. The van der Waals surface area contributed by atoms with Crippen molar-refractivity contribution in [3.05, 3.63) is 41.0 Å². The second kappa shape index (κ2) is 9.21. The summed E-state index contributed by atoms with van der Waals surface area (Å²) >= 11 is 0. The molecule has 5 atom stereocenters. The number of ketones is 2. The molecule has 1 fully saturated rings. The first-order valence-corrected chi connectivity index (χ1v) is 9.64. The molecule has 0 aromatic heterocycles. The Kier molecular flexibility index (Phi) is 6.76. The molecule has 0 radical (unpaired) electrons. The van der Waals surface area contributed by atoms with Crippen LogP contribution in [-0.4, -0.2) is 88.5 Å². The van der Waals surface area contributed by atoms with Crippen LogP contribution in [-0.2, 0) is 4.74 Å². The van der Waals surface area contributed by atoms with Gasteiger partial charge in [-0.15, -0.1) is 0 Å². The maximum Gasteiger partial charge on any atom is 0.178 e. The summed E-state index contributed by atoms with van der Waals surface area (Å²) in [5, 5.41) is 89.3. The second-order valence-corrected chi connectivity index (χ2v) is 7.53. The number of carbonyl (C=O) groups is 2. The Morgan fingerprint density at radius 1 is 0.788 bits per heavy atom. The van der Waals surface area contributed by atoms with E-state index in [-0.39, 0.29) is 5.56 Å². The number of phenols is 5. The van der Waals surface area contributed by atoms with Crippen LogP contribution in [0.1, 0.15) is 38.8 Å². The van der Waals surface area contributed by atoms with Crippen molar-refractivity contribution < 1.29 is 60.3 Å². The van der Waals surface area contributed by atoms with E-state index in [0.29, 0.717) is 6.07 Å². The highest BCUT2D eigenvalue weighted by Gasteiger charge is 2.46. The molecule has 33 heavy (non-hydrogen) atoms. The minimum Gasteiger partial charge on any atom is -0.507 e. The molecule has 0 spiro atoms. The van der Waals surface area contributed by atoms with E-state index in [4.69, 9.17) is 4.74 Å². The Balaban J connectivity index is 1.97. The van der Waals surface area contributed by atoms with Gasteiger partial charge in [-0.3, -0.25) is 9.59 Å². The van der Waals surface area contributed by atoms with Crippen molar-refractivity contribution in [3.63, 3.8) is 0 Å². The normalized spacial score (nSPS) is 25.0. The van der Waals surface area contributed by atoms with Crippen molar-refractivity contribution in [2.24, 2.45) is 0 Å². The lowest BCUT2D eigenvalue weighted by atomic mass is 9.88. The van der Waals surface area contributed by atoms with E-state index in [1.54, 1.807) is 0 Å². The van der Waals surface area contributed by atoms with E-state index in [9.17, 15) is 55.5 Å². The molecule has 2 aromatic carbocycles. The first-order chi connectivity index (χ1) is 15.5. The van der Waals surface area contributed by atoms with Crippen LogP contribution in [0.4, 0.5) is 0 Å². The van der Waals surface area contributed by atoms with Gasteiger partial charge in [-0.05, 0) is 18.2 Å². The van der Waals surface area contributed by atoms with Gasteiger partial charge in [0.1, 0.15) is 53.3 Å². The van der Waals surface area contributed by atoms with Crippen LogP contribution < -0.4 is 0 Å². The molecule has 1 heterocycles. The standard InChI is InChI=1S/C21H22O12/c22-6-14-17(29)19(31)20(32)21(33-14)16-13(28)5-12(27)15(18(16)30)11(26)4-9(24)7-1-2-8(23)10(25)3-7/h1-3,5,14,17,19-23,25,27-32H,4,6H2/t14-,17-,19+,20-,21+/m1/s1. The molecule has 0 aliphatic carbocycles. The second-order valence-electron chi connectivity index (χ2n) is 7.53. The Hall–Kier alpha value is -3.42. The van der Waals surface area contributed by atoms with Crippen LogP contribution in [0.3, 0.4) is 0 Å². The number of aliphatic hydroxyl groups is 4. The lowest BCUT2D eigenvalue weighted by Crippen LogP contribution is -2.55. The summed E-state index contributed by atoms with van der Waals surface area (Å²) < 4.78 is 5.29. The highest BCUT2D eigenvalue weighted by molar-refractivity contribution is 6.15. The minimum atomic E-state index is -1.91. The Bertz CT molecular complexity index is 1080. The summed E-state index contributed by atoms with van der Waals surface area (Å²) in [6.45, 7) is -0.791. The number of hydrogen-bond acceptors (Lipinski definition) is 12. The summed E-state index contributed by atoms with van der Waals surface area (Å²) in [5.41, 5.74) is -1.57. The summed E-state index contributed by atoms with van der Waals surface area (Å²) in [7, 11) is 0. The van der Waals surface area contributed by atoms with Gasteiger partial charge in [0.25, 0.3) is 0 Å². The summed E-state index contributed by atoms with van der Waals surface area (Å²) in [6, 6.07) is 3.74. The number of aromatic hydroxyl groups is 5. The van der Waals surface area contributed by atoms with Crippen LogP contribution in [0, 0.1) is 0 Å². The zero-order valence-corrected chi connectivity index (χ0v) is 16.9. The van der Waals surface area contributed by atoms with Crippen LogP contribution >= 0.6 is 0 Å². The van der Waals surface area contributed by atoms with Gasteiger partial charge in [0.05, 0.1) is 18.6 Å². The number of phenolic OH excluding ortho intramolecular Hbond substituents is 5. The van der Waals surface area contributed by atoms with Crippen molar-refractivity contribution >= 4 is 11.6 Å². The molecule has 1 aliphatic heterocycles. The molecule has 0 saturated carbocycles. The van der Waals surface area contributed by atoms with Gasteiger partial charge in [-0.1, -0.05) is 0 Å². The smallest absolute Gasteiger partial charge is 0.178 e. The van der Waals surface area contributed by atoms with Crippen molar-refractivity contribution in [1.82, 2.24) is 0 Å². The van der Waals surface area contributed by atoms with Crippen molar-refractivity contribution in [1.29, 1.82) is 0 Å². The van der Waals surface area contributed by atoms with Crippen LogP contribution in [0.25, 0.3) is 0 Å². The topological polar surface area (TPSA) is 225 Å². The molecular weight excluding hydrogens is 444 g/mol. The average molecular weight is 466 g/mol.